The highest BCUT2D eigenvalue weighted by Gasteiger charge is 2.13. The first-order valence-electron chi connectivity index (χ1n) is 6.36. The first-order chi connectivity index (χ1) is 11.6. The third-order valence-electron chi connectivity index (χ3n) is 2.29. The van der Waals surface area contributed by atoms with Crippen LogP contribution in [0.3, 0.4) is 0 Å². The summed E-state index contributed by atoms with van der Waals surface area (Å²) in [4.78, 5) is 22.9. The standard InChI is InChI=1S/C13H11I3O8S/c14-8-6-9(15)12(10(16)7-8)24-13(18)23-3-1-2-11(17)22-4-5-25(19,20)21/h1-2,6-7H,3-5H2,(H,19,20,21)/b2-1+. The van der Waals surface area contributed by atoms with Crippen LogP contribution in [-0.2, 0) is 24.4 Å². The number of rotatable bonds is 7. The lowest BCUT2D eigenvalue weighted by molar-refractivity contribution is -0.137. The number of carbonyl (C=O) groups is 2. The zero-order chi connectivity index (χ0) is 19.0. The molecule has 0 aliphatic rings. The maximum atomic E-state index is 11.6. The Morgan fingerprint density at radius 2 is 1.72 bits per heavy atom. The topological polar surface area (TPSA) is 116 Å². The molecule has 1 rings (SSSR count). The fourth-order valence-electron chi connectivity index (χ4n) is 1.30. The molecule has 0 bridgehead atoms. The molecule has 12 heteroatoms. The third kappa shape index (κ3) is 9.90. The van der Waals surface area contributed by atoms with Gasteiger partial charge in [-0.2, -0.15) is 8.42 Å². The van der Waals surface area contributed by atoms with Gasteiger partial charge in [0.05, 0.1) is 7.14 Å². The van der Waals surface area contributed by atoms with Crippen LogP contribution in [0.15, 0.2) is 24.3 Å². The van der Waals surface area contributed by atoms with Crippen LogP contribution in [0, 0.1) is 10.7 Å². The summed E-state index contributed by atoms with van der Waals surface area (Å²) in [7, 11) is -4.18. The van der Waals surface area contributed by atoms with Crippen LogP contribution >= 0.6 is 67.8 Å². The van der Waals surface area contributed by atoms with Gasteiger partial charge in [0.1, 0.15) is 19.0 Å². The van der Waals surface area contributed by atoms with E-state index in [1.807, 2.05) is 57.3 Å². The predicted molar refractivity (Wildman–Crippen MR) is 113 cm³/mol. The zero-order valence-corrected chi connectivity index (χ0v) is 19.6. The molecule has 0 amide bonds. The van der Waals surface area contributed by atoms with Crippen molar-refractivity contribution < 1.29 is 36.8 Å². The monoisotopic (exact) mass is 708 g/mol. The van der Waals surface area contributed by atoms with Crippen molar-refractivity contribution >= 4 is 90.0 Å². The summed E-state index contributed by atoms with van der Waals surface area (Å²) in [5.74, 6) is -1.13. The lowest BCUT2D eigenvalue weighted by Gasteiger charge is -2.08. The molecular formula is C13H11I3O8S. The highest BCUT2D eigenvalue weighted by atomic mass is 127. The van der Waals surface area contributed by atoms with E-state index in [-0.39, 0.29) is 6.61 Å². The normalized spacial score (nSPS) is 11.4. The Bertz CT molecular complexity index is 752. The van der Waals surface area contributed by atoms with Crippen LogP contribution in [0.2, 0.25) is 0 Å². The number of ether oxygens (including phenoxy) is 3. The summed E-state index contributed by atoms with van der Waals surface area (Å²) < 4.78 is 46.3. The van der Waals surface area contributed by atoms with Crippen LogP contribution in [-0.4, -0.2) is 44.1 Å². The molecule has 0 atom stereocenters. The van der Waals surface area contributed by atoms with Crippen LogP contribution in [0.1, 0.15) is 0 Å². The summed E-state index contributed by atoms with van der Waals surface area (Å²) >= 11 is 6.22. The Morgan fingerprint density at radius 1 is 1.12 bits per heavy atom. The Labute approximate surface area is 184 Å². The molecule has 1 N–H and O–H groups in total. The summed E-state index contributed by atoms with van der Waals surface area (Å²) in [6, 6.07) is 3.68. The number of hydrogen-bond acceptors (Lipinski definition) is 7. The Morgan fingerprint density at radius 3 is 2.28 bits per heavy atom. The van der Waals surface area contributed by atoms with E-state index in [4.69, 9.17) is 14.0 Å². The number of hydrogen-bond donors (Lipinski definition) is 1. The zero-order valence-electron chi connectivity index (χ0n) is 12.3. The molecule has 1 aromatic carbocycles. The molecule has 0 radical (unpaired) electrons. The van der Waals surface area contributed by atoms with Crippen molar-refractivity contribution in [2.75, 3.05) is 19.0 Å². The van der Waals surface area contributed by atoms with Crippen LogP contribution in [0.25, 0.3) is 0 Å². The Hall–Kier alpha value is -0.200. The second-order valence-electron chi connectivity index (χ2n) is 4.22. The van der Waals surface area contributed by atoms with Crippen LogP contribution in [0.5, 0.6) is 5.75 Å². The maximum Gasteiger partial charge on any atom is 0.514 e. The first kappa shape index (κ1) is 22.8. The maximum absolute atomic E-state index is 11.6. The minimum Gasteiger partial charge on any atom is -0.461 e. The van der Waals surface area contributed by atoms with Crippen molar-refractivity contribution in [1.82, 2.24) is 0 Å². The molecule has 0 aliphatic heterocycles. The van der Waals surface area contributed by atoms with E-state index in [2.05, 4.69) is 27.3 Å². The Balaban J connectivity index is 2.39. The van der Waals surface area contributed by atoms with E-state index in [1.54, 1.807) is 0 Å². The van der Waals surface area contributed by atoms with Gasteiger partial charge in [-0.3, -0.25) is 4.55 Å². The van der Waals surface area contributed by atoms with E-state index in [1.165, 1.54) is 6.08 Å². The number of halogens is 3. The number of esters is 1. The summed E-state index contributed by atoms with van der Waals surface area (Å²) in [6.07, 6.45) is 1.25. The van der Waals surface area contributed by atoms with Crippen molar-refractivity contribution in [2.45, 2.75) is 0 Å². The average molecular weight is 708 g/mol. The van der Waals surface area contributed by atoms with Gasteiger partial charge in [-0.25, -0.2) is 9.59 Å². The molecule has 0 spiro atoms. The third-order valence-corrected chi connectivity index (χ3v) is 5.19. The lowest BCUT2D eigenvalue weighted by atomic mass is 10.3. The van der Waals surface area contributed by atoms with Gasteiger partial charge < -0.3 is 14.2 Å². The van der Waals surface area contributed by atoms with Gasteiger partial charge in [-0.1, -0.05) is 0 Å². The highest BCUT2D eigenvalue weighted by molar-refractivity contribution is 14.1. The number of carbonyl (C=O) groups excluding carboxylic acids is 2. The Kier molecular flexibility index (Phi) is 9.89. The van der Waals surface area contributed by atoms with Gasteiger partial charge in [0.25, 0.3) is 10.1 Å². The second-order valence-corrected chi connectivity index (χ2v) is 9.36. The lowest BCUT2D eigenvalue weighted by Crippen LogP contribution is -2.14. The molecule has 8 nitrogen and oxygen atoms in total. The van der Waals surface area contributed by atoms with Crippen molar-refractivity contribution in [3.8, 4) is 5.75 Å². The molecule has 0 unspecified atom stereocenters. The van der Waals surface area contributed by atoms with Crippen molar-refractivity contribution in [3.05, 3.63) is 35.0 Å². The van der Waals surface area contributed by atoms with Gasteiger partial charge in [0.2, 0.25) is 0 Å². The molecule has 25 heavy (non-hydrogen) atoms. The molecule has 0 fully saturated rings. The fourth-order valence-corrected chi connectivity index (χ4v) is 5.39. The summed E-state index contributed by atoms with van der Waals surface area (Å²) in [6.45, 7) is -0.710. The fraction of sp³-hybridized carbons (Fsp3) is 0.231. The summed E-state index contributed by atoms with van der Waals surface area (Å²) in [5, 5.41) is 0. The minimum absolute atomic E-state index is 0.232. The molecule has 138 valence electrons. The van der Waals surface area contributed by atoms with Gasteiger partial charge in [0, 0.05) is 9.65 Å². The van der Waals surface area contributed by atoms with E-state index in [0.29, 0.717) is 5.75 Å². The van der Waals surface area contributed by atoms with Crippen LogP contribution in [0.4, 0.5) is 4.79 Å². The van der Waals surface area contributed by atoms with E-state index >= 15 is 0 Å². The van der Waals surface area contributed by atoms with Gasteiger partial charge in [0.15, 0.2) is 5.75 Å². The smallest absolute Gasteiger partial charge is 0.461 e. The van der Waals surface area contributed by atoms with E-state index in [9.17, 15) is 18.0 Å². The minimum atomic E-state index is -4.18. The quantitative estimate of drug-likeness (QED) is 0.151. The molecule has 1 aromatic rings. The molecule has 0 heterocycles. The molecular weight excluding hydrogens is 697 g/mol. The van der Waals surface area contributed by atoms with Crippen molar-refractivity contribution in [2.24, 2.45) is 0 Å². The highest BCUT2D eigenvalue weighted by Crippen LogP contribution is 2.29. The largest absolute Gasteiger partial charge is 0.514 e. The summed E-state index contributed by atoms with van der Waals surface area (Å²) in [5.41, 5.74) is 0. The van der Waals surface area contributed by atoms with E-state index < -0.39 is 34.6 Å². The second kappa shape index (κ2) is 10.8. The first-order valence-corrected chi connectivity index (χ1v) is 11.2. The van der Waals surface area contributed by atoms with Crippen LogP contribution < -0.4 is 4.74 Å². The van der Waals surface area contributed by atoms with Gasteiger partial charge in [-0.15, -0.1) is 0 Å². The van der Waals surface area contributed by atoms with Gasteiger partial charge in [-0.05, 0) is 86.0 Å². The predicted octanol–water partition coefficient (Wildman–Crippen LogP) is 3.00. The number of benzene rings is 1. The average Bonchev–Trinajstić information content (AvgIpc) is 2.46. The van der Waals surface area contributed by atoms with E-state index in [0.717, 1.165) is 16.8 Å². The van der Waals surface area contributed by atoms with Crippen molar-refractivity contribution in [1.29, 1.82) is 0 Å². The molecule has 0 saturated heterocycles. The molecule has 0 aromatic heterocycles. The SMILES string of the molecule is O=C(/C=C/COC(=O)Oc1c(I)cc(I)cc1I)OCCS(=O)(=O)O. The molecule has 0 saturated carbocycles. The van der Waals surface area contributed by atoms with Gasteiger partial charge >= 0.3 is 12.1 Å². The van der Waals surface area contributed by atoms with Crippen molar-refractivity contribution in [3.63, 3.8) is 0 Å². The molecule has 0 aliphatic carbocycles.